The fourth-order valence-electron chi connectivity index (χ4n) is 6.68. The molecule has 0 radical (unpaired) electrons. The number of rotatable bonds is 8. The van der Waals surface area contributed by atoms with Gasteiger partial charge < -0.3 is 23.9 Å². The van der Waals surface area contributed by atoms with E-state index < -0.39 is 26.8 Å². The van der Waals surface area contributed by atoms with Crippen molar-refractivity contribution in [2.75, 3.05) is 14.2 Å². The zero-order valence-electron chi connectivity index (χ0n) is 27.8. The second-order valence-corrected chi connectivity index (χ2v) is 13.1. The van der Waals surface area contributed by atoms with E-state index in [1.807, 2.05) is 45.3 Å². The number of nitro benzene ring substituents is 2. The van der Waals surface area contributed by atoms with Gasteiger partial charge in [-0.2, -0.15) is 0 Å². The number of aromatic nitrogens is 2. The van der Waals surface area contributed by atoms with Crippen LogP contribution in [-0.2, 0) is 5.41 Å². The highest BCUT2D eigenvalue weighted by molar-refractivity contribution is 5.92. The summed E-state index contributed by atoms with van der Waals surface area (Å²) in [5.41, 5.74) is 4.58. The van der Waals surface area contributed by atoms with E-state index in [0.717, 1.165) is 22.3 Å². The number of fused-ring (bicyclic) bond motifs is 3. The Morgan fingerprint density at radius 2 is 1.32 bits per heavy atom. The number of non-ortho nitro benzene ring substituents is 2. The van der Waals surface area contributed by atoms with Crippen LogP contribution in [0.4, 0.5) is 11.4 Å². The molecule has 0 fully saturated rings. The van der Waals surface area contributed by atoms with Crippen LogP contribution in [0.2, 0.25) is 0 Å². The van der Waals surface area contributed by atoms with Crippen LogP contribution in [0.3, 0.4) is 0 Å². The van der Waals surface area contributed by atoms with E-state index in [4.69, 9.17) is 13.9 Å². The lowest BCUT2D eigenvalue weighted by atomic mass is 9.79. The molecule has 0 unspecified atom stereocenters. The molecule has 3 heterocycles. The van der Waals surface area contributed by atoms with Crippen LogP contribution in [0.1, 0.15) is 48.9 Å². The van der Waals surface area contributed by atoms with Gasteiger partial charge in [-0.1, -0.05) is 32.9 Å². The molecule has 50 heavy (non-hydrogen) atoms. The Kier molecular flexibility index (Phi) is 7.66. The van der Waals surface area contributed by atoms with Crippen LogP contribution in [0.25, 0.3) is 43.9 Å². The van der Waals surface area contributed by atoms with Crippen molar-refractivity contribution >= 4 is 44.1 Å². The van der Waals surface area contributed by atoms with Crippen molar-refractivity contribution < 1.29 is 23.7 Å². The van der Waals surface area contributed by atoms with E-state index >= 15 is 0 Å². The molecular weight excluding hydrogens is 640 g/mol. The van der Waals surface area contributed by atoms with Crippen molar-refractivity contribution in [3.8, 4) is 22.6 Å². The van der Waals surface area contributed by atoms with Crippen LogP contribution in [0.15, 0.2) is 94.4 Å². The molecule has 0 saturated heterocycles. The second kappa shape index (κ2) is 11.9. The number of nitrogens with zero attached hydrogens (tertiary/aromatic N) is 2. The summed E-state index contributed by atoms with van der Waals surface area (Å²) >= 11 is 0. The van der Waals surface area contributed by atoms with Gasteiger partial charge in [-0.25, -0.2) is 4.79 Å². The zero-order chi connectivity index (χ0) is 35.5. The number of ether oxygens (including phenoxy) is 2. The number of aromatic amines is 2. The standard InChI is InChI=1S/C38H32N4O8/c1-38(2,3)30-14-21(12-22-13-25(37(43)50-36(22)30)20-6-11-33(48-4)34(15-20)49-5)35(28-18-39-31-9-7-23(41(44)45)16-26(28)31)29-19-40-32-10-8-24(42(46)47)17-27(29)32/h6-19,35,39-40H,1-5H3. The third-order valence-electron chi connectivity index (χ3n) is 9.13. The quantitative estimate of drug-likeness (QED) is 0.0918. The third kappa shape index (κ3) is 5.40. The summed E-state index contributed by atoms with van der Waals surface area (Å²) < 4.78 is 17.0. The summed E-state index contributed by atoms with van der Waals surface area (Å²) in [5, 5.41) is 25.6. The molecule has 0 aliphatic carbocycles. The van der Waals surface area contributed by atoms with Crippen molar-refractivity contribution in [3.63, 3.8) is 0 Å². The van der Waals surface area contributed by atoms with Gasteiger partial charge in [0.1, 0.15) is 5.58 Å². The Balaban J connectivity index is 1.55. The topological polar surface area (TPSA) is 167 Å². The van der Waals surface area contributed by atoms with Gasteiger partial charge in [0.2, 0.25) is 0 Å². The van der Waals surface area contributed by atoms with Gasteiger partial charge in [0.05, 0.1) is 29.6 Å². The summed E-state index contributed by atoms with van der Waals surface area (Å²) in [6.07, 6.45) is 3.63. The molecule has 3 aromatic heterocycles. The second-order valence-electron chi connectivity index (χ2n) is 13.1. The van der Waals surface area contributed by atoms with Gasteiger partial charge in [-0.15, -0.1) is 0 Å². The highest BCUT2D eigenvalue weighted by atomic mass is 16.6. The minimum Gasteiger partial charge on any atom is -0.493 e. The Labute approximate surface area is 284 Å². The number of hydrogen-bond acceptors (Lipinski definition) is 8. The molecule has 12 heteroatoms. The molecule has 2 N–H and O–H groups in total. The number of nitro groups is 2. The summed E-state index contributed by atoms with van der Waals surface area (Å²) in [5.74, 6) is 0.401. The largest absolute Gasteiger partial charge is 0.493 e. The van der Waals surface area contributed by atoms with E-state index in [1.165, 1.54) is 38.5 Å². The summed E-state index contributed by atoms with van der Waals surface area (Å²) in [7, 11) is 3.05. The smallest absolute Gasteiger partial charge is 0.344 e. The molecule has 0 aliphatic heterocycles. The first-order valence-electron chi connectivity index (χ1n) is 15.7. The summed E-state index contributed by atoms with van der Waals surface area (Å²) in [6, 6.07) is 20.2. The highest BCUT2D eigenvalue weighted by Crippen LogP contribution is 2.44. The molecule has 0 bridgehead atoms. The van der Waals surface area contributed by atoms with Crippen molar-refractivity contribution in [1.29, 1.82) is 0 Å². The lowest BCUT2D eigenvalue weighted by Gasteiger charge is -2.25. The van der Waals surface area contributed by atoms with Gasteiger partial charge >= 0.3 is 5.63 Å². The highest BCUT2D eigenvalue weighted by Gasteiger charge is 2.29. The molecule has 7 aromatic rings. The number of methoxy groups -OCH3 is 2. The maximum Gasteiger partial charge on any atom is 0.344 e. The van der Waals surface area contributed by atoms with Gasteiger partial charge in [-0.05, 0) is 64.1 Å². The normalized spacial score (nSPS) is 11.9. The third-order valence-corrected chi connectivity index (χ3v) is 9.13. The molecule has 12 nitrogen and oxygen atoms in total. The predicted octanol–water partition coefficient (Wildman–Crippen LogP) is 8.73. The molecule has 0 aliphatic rings. The van der Waals surface area contributed by atoms with Gasteiger partial charge in [0, 0.05) is 75.3 Å². The maximum atomic E-state index is 13.6. The van der Waals surface area contributed by atoms with Crippen molar-refractivity contribution in [2.45, 2.75) is 32.1 Å². The maximum absolute atomic E-state index is 13.6. The first kappa shape index (κ1) is 32.1. The fourth-order valence-corrected chi connectivity index (χ4v) is 6.68. The van der Waals surface area contributed by atoms with Crippen molar-refractivity contribution in [2.24, 2.45) is 0 Å². The molecule has 4 aromatic carbocycles. The number of benzene rings is 4. The first-order chi connectivity index (χ1) is 23.9. The molecule has 7 rings (SSSR count). The van der Waals surface area contributed by atoms with Crippen molar-refractivity contribution in [1.82, 2.24) is 9.97 Å². The molecule has 0 spiro atoms. The van der Waals surface area contributed by atoms with E-state index in [-0.39, 0.29) is 11.4 Å². The Morgan fingerprint density at radius 3 is 1.84 bits per heavy atom. The molecule has 252 valence electrons. The van der Waals surface area contributed by atoms with Gasteiger partial charge in [-0.3, -0.25) is 20.2 Å². The lowest BCUT2D eigenvalue weighted by Crippen LogP contribution is -2.15. The van der Waals surface area contributed by atoms with Crippen LogP contribution < -0.4 is 15.1 Å². The van der Waals surface area contributed by atoms with Crippen LogP contribution in [0.5, 0.6) is 11.5 Å². The summed E-state index contributed by atoms with van der Waals surface area (Å²) in [4.78, 5) is 42.9. The Bertz CT molecular complexity index is 2460. The minimum atomic E-state index is -0.566. The van der Waals surface area contributed by atoms with Crippen LogP contribution in [0, 0.1) is 20.2 Å². The molecule has 0 saturated carbocycles. The Hall–Kier alpha value is -6.43. The van der Waals surface area contributed by atoms with E-state index in [0.29, 0.717) is 55.4 Å². The average molecular weight is 673 g/mol. The molecular formula is C38H32N4O8. The number of hydrogen-bond donors (Lipinski definition) is 2. The monoisotopic (exact) mass is 672 g/mol. The fraction of sp³-hybridized carbons (Fsp3) is 0.184. The Morgan fingerprint density at radius 1 is 0.740 bits per heavy atom. The minimum absolute atomic E-state index is 0.0677. The van der Waals surface area contributed by atoms with Crippen molar-refractivity contribution in [3.05, 3.63) is 138 Å². The van der Waals surface area contributed by atoms with Gasteiger partial charge in [0.25, 0.3) is 11.4 Å². The zero-order valence-corrected chi connectivity index (χ0v) is 27.8. The van der Waals surface area contributed by atoms with E-state index in [1.54, 1.807) is 36.4 Å². The summed E-state index contributed by atoms with van der Waals surface area (Å²) in [6.45, 7) is 6.06. The first-order valence-corrected chi connectivity index (χ1v) is 15.7. The average Bonchev–Trinajstić information content (AvgIpc) is 3.71. The lowest BCUT2D eigenvalue weighted by molar-refractivity contribution is -0.384. The molecule has 0 amide bonds. The number of nitrogens with one attached hydrogen (secondary N) is 2. The van der Waals surface area contributed by atoms with Crippen LogP contribution >= 0.6 is 0 Å². The van der Waals surface area contributed by atoms with Gasteiger partial charge in [0.15, 0.2) is 11.5 Å². The van der Waals surface area contributed by atoms with Crippen LogP contribution in [-0.4, -0.2) is 34.0 Å². The van der Waals surface area contributed by atoms with E-state index in [2.05, 4.69) is 9.97 Å². The predicted molar refractivity (Wildman–Crippen MR) is 191 cm³/mol. The molecule has 0 atom stereocenters. The number of H-pyrrole nitrogens is 2. The SMILES string of the molecule is COc1ccc(-c2cc3cc(C(c4c[nH]c5ccc([N+](=O)[O-])cc45)c4c[nH]c5ccc([N+](=O)[O-])cc45)cc(C(C)(C)C)c3oc2=O)cc1OC. The van der Waals surface area contributed by atoms with E-state index in [9.17, 15) is 25.0 Å².